The Morgan fingerprint density at radius 3 is 2.43 bits per heavy atom. The lowest BCUT2D eigenvalue weighted by molar-refractivity contribution is 0.248. The minimum Gasteiger partial charge on any atom is -0.394 e. The van der Waals surface area contributed by atoms with Crippen molar-refractivity contribution in [2.45, 2.75) is 26.3 Å². The monoisotopic (exact) mass is 377 g/mol. The van der Waals surface area contributed by atoms with Crippen molar-refractivity contribution < 1.29 is 5.11 Å². The molecule has 28 heavy (non-hydrogen) atoms. The quantitative estimate of drug-likeness (QED) is 0.528. The highest BCUT2D eigenvalue weighted by Crippen LogP contribution is 2.22. The van der Waals surface area contributed by atoms with E-state index in [2.05, 4.69) is 51.6 Å². The molecular weight excluding hydrogens is 350 g/mol. The van der Waals surface area contributed by atoms with Crippen molar-refractivity contribution in [1.82, 2.24) is 15.0 Å². The highest BCUT2D eigenvalue weighted by molar-refractivity contribution is 5.64. The number of pyridine rings is 1. The Bertz CT molecular complexity index is 855. The van der Waals surface area contributed by atoms with Gasteiger partial charge in [-0.25, -0.2) is 4.98 Å². The number of nitrogens with one attached hydrogen (secondary N) is 2. The SMILES string of the molecule is CC(C)[C@H](CO)Nc1nc(NCCc2ccccc2)cc(-c2ccncc2)n1. The summed E-state index contributed by atoms with van der Waals surface area (Å²) < 4.78 is 0. The van der Waals surface area contributed by atoms with Crippen molar-refractivity contribution in [2.75, 3.05) is 23.8 Å². The Hall–Kier alpha value is -2.99. The summed E-state index contributed by atoms with van der Waals surface area (Å²) in [5.74, 6) is 1.51. The molecule has 2 aromatic heterocycles. The Kier molecular flexibility index (Phi) is 6.92. The van der Waals surface area contributed by atoms with Crippen LogP contribution in [0.25, 0.3) is 11.3 Å². The largest absolute Gasteiger partial charge is 0.394 e. The number of hydrogen-bond donors (Lipinski definition) is 3. The van der Waals surface area contributed by atoms with Gasteiger partial charge in [0.1, 0.15) is 5.82 Å². The van der Waals surface area contributed by atoms with Crippen LogP contribution in [0.4, 0.5) is 11.8 Å². The molecule has 146 valence electrons. The van der Waals surface area contributed by atoms with E-state index in [1.807, 2.05) is 36.4 Å². The molecule has 3 rings (SSSR count). The predicted octanol–water partition coefficient (Wildman–Crippen LogP) is 3.62. The molecule has 0 saturated carbocycles. The molecule has 0 aliphatic rings. The van der Waals surface area contributed by atoms with Crippen LogP contribution >= 0.6 is 0 Å². The summed E-state index contributed by atoms with van der Waals surface area (Å²) in [5, 5.41) is 16.3. The second-order valence-electron chi connectivity index (χ2n) is 7.04. The molecule has 2 heterocycles. The first kappa shape index (κ1) is 19.8. The summed E-state index contributed by atoms with van der Waals surface area (Å²) in [5.41, 5.74) is 3.05. The Balaban J connectivity index is 1.80. The topological polar surface area (TPSA) is 83.0 Å². The van der Waals surface area contributed by atoms with Gasteiger partial charge in [0.2, 0.25) is 5.95 Å². The summed E-state index contributed by atoms with van der Waals surface area (Å²) in [6, 6.07) is 16.0. The first-order valence-corrected chi connectivity index (χ1v) is 9.60. The van der Waals surface area contributed by atoms with E-state index in [1.165, 1.54) is 5.56 Å². The summed E-state index contributed by atoms with van der Waals surface area (Å²) >= 11 is 0. The minimum atomic E-state index is -0.107. The zero-order chi connectivity index (χ0) is 19.8. The molecule has 0 spiro atoms. The summed E-state index contributed by atoms with van der Waals surface area (Å²) in [6.45, 7) is 4.90. The number of hydrogen-bond acceptors (Lipinski definition) is 6. The molecule has 0 radical (unpaired) electrons. The van der Waals surface area contributed by atoms with Crippen molar-refractivity contribution in [3.63, 3.8) is 0 Å². The van der Waals surface area contributed by atoms with Gasteiger partial charge in [-0.1, -0.05) is 44.2 Å². The minimum absolute atomic E-state index is 0.0251. The lowest BCUT2D eigenvalue weighted by Gasteiger charge is -2.20. The van der Waals surface area contributed by atoms with Gasteiger partial charge >= 0.3 is 0 Å². The van der Waals surface area contributed by atoms with Crippen molar-refractivity contribution in [3.05, 3.63) is 66.5 Å². The van der Waals surface area contributed by atoms with Gasteiger partial charge in [-0.05, 0) is 30.0 Å². The van der Waals surface area contributed by atoms with Gasteiger partial charge in [0.15, 0.2) is 0 Å². The van der Waals surface area contributed by atoms with Gasteiger partial charge in [0, 0.05) is 30.6 Å². The average Bonchev–Trinajstić information content (AvgIpc) is 2.73. The second kappa shape index (κ2) is 9.80. The number of aliphatic hydroxyl groups is 1. The maximum Gasteiger partial charge on any atom is 0.225 e. The number of anilines is 2. The van der Waals surface area contributed by atoms with Crippen LogP contribution < -0.4 is 10.6 Å². The van der Waals surface area contributed by atoms with Crippen LogP contribution in [0.15, 0.2) is 60.9 Å². The predicted molar refractivity (Wildman–Crippen MR) is 113 cm³/mol. The van der Waals surface area contributed by atoms with E-state index in [-0.39, 0.29) is 18.6 Å². The molecule has 6 heteroatoms. The van der Waals surface area contributed by atoms with Crippen LogP contribution in [0, 0.1) is 5.92 Å². The summed E-state index contributed by atoms with van der Waals surface area (Å²) in [4.78, 5) is 13.3. The average molecular weight is 377 g/mol. The zero-order valence-corrected chi connectivity index (χ0v) is 16.3. The fourth-order valence-corrected chi connectivity index (χ4v) is 2.84. The molecule has 0 bridgehead atoms. The summed E-state index contributed by atoms with van der Waals surface area (Å²) in [6.07, 6.45) is 4.40. The van der Waals surface area contributed by atoms with Gasteiger partial charge in [0.05, 0.1) is 18.3 Å². The van der Waals surface area contributed by atoms with Crippen LogP contribution in [0.3, 0.4) is 0 Å². The van der Waals surface area contributed by atoms with Crippen LogP contribution in [0.1, 0.15) is 19.4 Å². The number of aliphatic hydroxyl groups excluding tert-OH is 1. The third-order valence-electron chi connectivity index (χ3n) is 4.58. The van der Waals surface area contributed by atoms with Gasteiger partial charge < -0.3 is 15.7 Å². The smallest absolute Gasteiger partial charge is 0.225 e. The second-order valence-corrected chi connectivity index (χ2v) is 7.04. The number of rotatable bonds is 9. The maximum atomic E-state index is 9.64. The summed E-state index contributed by atoms with van der Waals surface area (Å²) in [7, 11) is 0. The molecule has 3 N–H and O–H groups in total. The van der Waals surface area contributed by atoms with Gasteiger partial charge in [-0.2, -0.15) is 4.98 Å². The van der Waals surface area contributed by atoms with E-state index in [9.17, 15) is 5.11 Å². The maximum absolute atomic E-state index is 9.64. The van der Waals surface area contributed by atoms with Crippen molar-refractivity contribution >= 4 is 11.8 Å². The molecule has 1 aromatic carbocycles. The highest BCUT2D eigenvalue weighted by atomic mass is 16.3. The molecular formula is C22H27N5O. The van der Waals surface area contributed by atoms with Crippen LogP contribution in [0.5, 0.6) is 0 Å². The molecule has 1 atom stereocenters. The van der Waals surface area contributed by atoms with E-state index in [4.69, 9.17) is 0 Å². The fraction of sp³-hybridized carbons (Fsp3) is 0.318. The van der Waals surface area contributed by atoms with Crippen LogP contribution in [-0.4, -0.2) is 39.3 Å². The standard InChI is InChI=1S/C22H27N5O/c1-16(2)20(15-28)26-22-25-19(18-9-11-23-12-10-18)14-21(27-22)24-13-8-17-6-4-3-5-7-17/h3-7,9-12,14,16,20,28H,8,13,15H2,1-2H3,(H2,24,25,26,27)/t20-/m0/s1. The van der Waals surface area contributed by atoms with Crippen LogP contribution in [-0.2, 0) is 6.42 Å². The first-order chi connectivity index (χ1) is 13.7. The molecule has 0 saturated heterocycles. The molecule has 0 fully saturated rings. The normalized spacial score (nSPS) is 12.0. The van der Waals surface area contributed by atoms with E-state index >= 15 is 0 Å². The number of nitrogens with zero attached hydrogens (tertiary/aromatic N) is 3. The van der Waals surface area contributed by atoms with Gasteiger partial charge in [0.25, 0.3) is 0 Å². The molecule has 0 unspecified atom stereocenters. The van der Waals surface area contributed by atoms with Crippen molar-refractivity contribution in [2.24, 2.45) is 5.92 Å². The Morgan fingerprint density at radius 1 is 1.00 bits per heavy atom. The Morgan fingerprint density at radius 2 is 1.75 bits per heavy atom. The van der Waals surface area contributed by atoms with E-state index in [0.717, 1.165) is 30.0 Å². The van der Waals surface area contributed by atoms with Gasteiger partial charge in [-0.15, -0.1) is 0 Å². The fourth-order valence-electron chi connectivity index (χ4n) is 2.84. The number of aromatic nitrogens is 3. The van der Waals surface area contributed by atoms with Crippen molar-refractivity contribution in [3.8, 4) is 11.3 Å². The molecule has 0 aliphatic heterocycles. The lowest BCUT2D eigenvalue weighted by Crippen LogP contribution is -2.30. The number of benzene rings is 1. The van der Waals surface area contributed by atoms with E-state index in [0.29, 0.717) is 5.95 Å². The van der Waals surface area contributed by atoms with Crippen molar-refractivity contribution in [1.29, 1.82) is 0 Å². The molecule has 0 amide bonds. The highest BCUT2D eigenvalue weighted by Gasteiger charge is 2.15. The van der Waals surface area contributed by atoms with Crippen LogP contribution in [0.2, 0.25) is 0 Å². The zero-order valence-electron chi connectivity index (χ0n) is 16.3. The third kappa shape index (κ3) is 5.50. The van der Waals surface area contributed by atoms with Gasteiger partial charge in [-0.3, -0.25) is 4.98 Å². The molecule has 0 aliphatic carbocycles. The van der Waals surface area contributed by atoms with E-state index in [1.54, 1.807) is 12.4 Å². The Labute approximate surface area is 166 Å². The molecule has 6 nitrogen and oxygen atoms in total. The third-order valence-corrected chi connectivity index (χ3v) is 4.58. The first-order valence-electron chi connectivity index (χ1n) is 9.60. The van der Waals surface area contributed by atoms with E-state index < -0.39 is 0 Å². The lowest BCUT2D eigenvalue weighted by atomic mass is 10.1. The molecule has 3 aromatic rings.